The zero-order chi connectivity index (χ0) is 20.4. The van der Waals surface area contributed by atoms with Crippen molar-refractivity contribution in [3.63, 3.8) is 0 Å². The Morgan fingerprint density at radius 3 is 2.46 bits per heavy atom. The van der Waals surface area contributed by atoms with Crippen molar-refractivity contribution in [1.82, 2.24) is 5.32 Å². The Labute approximate surface area is 165 Å². The second-order valence-corrected chi connectivity index (χ2v) is 5.87. The SMILES string of the molecule is CCNC(=O)c1cccc(NC(=O)CNc2cc(OCC)ccc2OCC)c1. The van der Waals surface area contributed by atoms with E-state index in [0.717, 1.165) is 0 Å². The fourth-order valence-electron chi connectivity index (χ4n) is 2.57. The predicted molar refractivity (Wildman–Crippen MR) is 110 cm³/mol. The van der Waals surface area contributed by atoms with Crippen LogP contribution in [0.3, 0.4) is 0 Å². The van der Waals surface area contributed by atoms with Gasteiger partial charge in [-0.1, -0.05) is 6.07 Å². The molecule has 0 radical (unpaired) electrons. The Morgan fingerprint density at radius 1 is 0.964 bits per heavy atom. The van der Waals surface area contributed by atoms with Crippen LogP contribution >= 0.6 is 0 Å². The van der Waals surface area contributed by atoms with Gasteiger partial charge in [-0.15, -0.1) is 0 Å². The summed E-state index contributed by atoms with van der Waals surface area (Å²) < 4.78 is 11.1. The molecular formula is C21H27N3O4. The normalized spacial score (nSPS) is 10.1. The molecule has 0 unspecified atom stereocenters. The molecular weight excluding hydrogens is 358 g/mol. The van der Waals surface area contributed by atoms with E-state index >= 15 is 0 Å². The van der Waals surface area contributed by atoms with Crippen molar-refractivity contribution >= 4 is 23.2 Å². The zero-order valence-corrected chi connectivity index (χ0v) is 16.5. The predicted octanol–water partition coefficient (Wildman–Crippen LogP) is 3.28. The van der Waals surface area contributed by atoms with Gasteiger partial charge in [-0.3, -0.25) is 9.59 Å². The molecule has 0 aliphatic carbocycles. The van der Waals surface area contributed by atoms with Crippen LogP contribution in [0.2, 0.25) is 0 Å². The summed E-state index contributed by atoms with van der Waals surface area (Å²) in [5.74, 6) is 0.934. The first-order chi connectivity index (χ1) is 13.6. The minimum Gasteiger partial charge on any atom is -0.494 e. The molecule has 28 heavy (non-hydrogen) atoms. The molecule has 0 aromatic heterocycles. The summed E-state index contributed by atoms with van der Waals surface area (Å²) in [5.41, 5.74) is 1.73. The molecule has 2 aromatic carbocycles. The number of nitrogens with one attached hydrogen (secondary N) is 3. The molecule has 2 aromatic rings. The number of benzene rings is 2. The van der Waals surface area contributed by atoms with E-state index in [1.54, 1.807) is 30.3 Å². The molecule has 0 saturated carbocycles. The van der Waals surface area contributed by atoms with Gasteiger partial charge in [0.25, 0.3) is 5.91 Å². The van der Waals surface area contributed by atoms with E-state index in [4.69, 9.17) is 9.47 Å². The first kappa shape index (κ1) is 21.1. The van der Waals surface area contributed by atoms with Gasteiger partial charge in [-0.25, -0.2) is 0 Å². The van der Waals surface area contributed by atoms with E-state index in [-0.39, 0.29) is 18.4 Å². The average molecular weight is 385 g/mol. The minimum absolute atomic E-state index is 0.0427. The molecule has 2 amide bonds. The largest absolute Gasteiger partial charge is 0.494 e. The van der Waals surface area contributed by atoms with Crippen LogP contribution in [0, 0.1) is 0 Å². The lowest BCUT2D eigenvalue weighted by atomic mass is 10.2. The maximum Gasteiger partial charge on any atom is 0.251 e. The summed E-state index contributed by atoms with van der Waals surface area (Å²) in [6, 6.07) is 12.2. The van der Waals surface area contributed by atoms with Crippen molar-refractivity contribution in [2.75, 3.05) is 36.9 Å². The average Bonchev–Trinajstić information content (AvgIpc) is 2.69. The third kappa shape index (κ3) is 6.19. The molecule has 0 aliphatic rings. The molecule has 0 saturated heterocycles. The van der Waals surface area contributed by atoms with Gasteiger partial charge in [-0.05, 0) is 51.1 Å². The van der Waals surface area contributed by atoms with Gasteiger partial charge in [0.15, 0.2) is 0 Å². The molecule has 0 bridgehead atoms. The number of anilines is 2. The van der Waals surface area contributed by atoms with Gasteiger partial charge in [0.1, 0.15) is 11.5 Å². The maximum atomic E-state index is 12.3. The minimum atomic E-state index is -0.239. The molecule has 0 aliphatic heterocycles. The summed E-state index contributed by atoms with van der Waals surface area (Å²) in [7, 11) is 0. The van der Waals surface area contributed by atoms with E-state index in [0.29, 0.717) is 48.2 Å². The molecule has 0 fully saturated rings. The molecule has 0 heterocycles. The molecule has 150 valence electrons. The highest BCUT2D eigenvalue weighted by Crippen LogP contribution is 2.29. The van der Waals surface area contributed by atoms with Crippen LogP contribution in [-0.4, -0.2) is 38.1 Å². The van der Waals surface area contributed by atoms with Crippen molar-refractivity contribution in [2.24, 2.45) is 0 Å². The summed E-state index contributed by atoms with van der Waals surface area (Å²) in [5, 5.41) is 8.60. The number of ether oxygens (including phenoxy) is 2. The maximum absolute atomic E-state index is 12.3. The topological polar surface area (TPSA) is 88.7 Å². The van der Waals surface area contributed by atoms with Gasteiger partial charge < -0.3 is 25.4 Å². The van der Waals surface area contributed by atoms with Crippen LogP contribution in [0.1, 0.15) is 31.1 Å². The fraction of sp³-hybridized carbons (Fsp3) is 0.333. The van der Waals surface area contributed by atoms with Crippen LogP contribution in [0.4, 0.5) is 11.4 Å². The number of hydrogen-bond donors (Lipinski definition) is 3. The summed E-state index contributed by atoms with van der Waals surface area (Å²) in [6.45, 7) is 7.31. The molecule has 7 nitrogen and oxygen atoms in total. The van der Waals surface area contributed by atoms with Crippen molar-refractivity contribution in [1.29, 1.82) is 0 Å². The van der Waals surface area contributed by atoms with E-state index < -0.39 is 0 Å². The van der Waals surface area contributed by atoms with Crippen LogP contribution in [-0.2, 0) is 4.79 Å². The van der Waals surface area contributed by atoms with Crippen molar-refractivity contribution in [2.45, 2.75) is 20.8 Å². The van der Waals surface area contributed by atoms with Gasteiger partial charge >= 0.3 is 0 Å². The number of carbonyl (C=O) groups is 2. The van der Waals surface area contributed by atoms with Crippen molar-refractivity contribution in [3.05, 3.63) is 48.0 Å². The second-order valence-electron chi connectivity index (χ2n) is 5.87. The zero-order valence-electron chi connectivity index (χ0n) is 16.5. The number of carbonyl (C=O) groups excluding carboxylic acids is 2. The molecule has 2 rings (SSSR count). The first-order valence-electron chi connectivity index (χ1n) is 9.39. The summed E-state index contributed by atoms with van der Waals surface area (Å²) >= 11 is 0. The van der Waals surface area contributed by atoms with E-state index in [1.807, 2.05) is 32.9 Å². The van der Waals surface area contributed by atoms with Crippen LogP contribution in [0.5, 0.6) is 11.5 Å². The third-order valence-corrected chi connectivity index (χ3v) is 3.75. The number of amides is 2. The Bertz CT molecular complexity index is 808. The Morgan fingerprint density at radius 2 is 1.75 bits per heavy atom. The Kier molecular flexibility index (Phi) is 8.14. The highest BCUT2D eigenvalue weighted by molar-refractivity contribution is 5.98. The molecule has 3 N–H and O–H groups in total. The second kappa shape index (κ2) is 10.8. The van der Waals surface area contributed by atoms with E-state index in [2.05, 4.69) is 16.0 Å². The lowest BCUT2D eigenvalue weighted by Crippen LogP contribution is -2.24. The highest BCUT2D eigenvalue weighted by Gasteiger charge is 2.10. The Balaban J connectivity index is 2.01. The van der Waals surface area contributed by atoms with Crippen LogP contribution < -0.4 is 25.4 Å². The fourth-order valence-corrected chi connectivity index (χ4v) is 2.57. The highest BCUT2D eigenvalue weighted by atomic mass is 16.5. The lowest BCUT2D eigenvalue weighted by Gasteiger charge is -2.14. The number of hydrogen-bond acceptors (Lipinski definition) is 5. The van der Waals surface area contributed by atoms with Crippen molar-refractivity contribution in [3.8, 4) is 11.5 Å². The summed E-state index contributed by atoms with van der Waals surface area (Å²) in [6.07, 6.45) is 0. The standard InChI is InChI=1S/C21H27N3O4/c1-4-22-21(26)15-8-7-9-16(12-15)24-20(25)14-23-18-13-17(27-5-2)10-11-19(18)28-6-3/h7-13,23H,4-6,14H2,1-3H3,(H,22,26)(H,24,25). The quantitative estimate of drug-likeness (QED) is 0.584. The third-order valence-electron chi connectivity index (χ3n) is 3.75. The molecule has 0 spiro atoms. The van der Waals surface area contributed by atoms with E-state index in [1.165, 1.54) is 0 Å². The van der Waals surface area contributed by atoms with Gasteiger partial charge in [0.05, 0.1) is 25.4 Å². The van der Waals surface area contributed by atoms with Crippen LogP contribution in [0.15, 0.2) is 42.5 Å². The van der Waals surface area contributed by atoms with Gasteiger partial charge in [0, 0.05) is 23.9 Å². The Hall–Kier alpha value is -3.22. The lowest BCUT2D eigenvalue weighted by molar-refractivity contribution is -0.114. The molecule has 0 atom stereocenters. The number of rotatable bonds is 10. The van der Waals surface area contributed by atoms with Gasteiger partial charge in [-0.2, -0.15) is 0 Å². The summed E-state index contributed by atoms with van der Waals surface area (Å²) in [4.78, 5) is 24.2. The van der Waals surface area contributed by atoms with Crippen LogP contribution in [0.25, 0.3) is 0 Å². The smallest absolute Gasteiger partial charge is 0.251 e. The monoisotopic (exact) mass is 385 g/mol. The molecule has 7 heteroatoms. The first-order valence-corrected chi connectivity index (χ1v) is 9.39. The van der Waals surface area contributed by atoms with E-state index in [9.17, 15) is 9.59 Å². The van der Waals surface area contributed by atoms with Crippen molar-refractivity contribution < 1.29 is 19.1 Å². The van der Waals surface area contributed by atoms with Gasteiger partial charge in [0.2, 0.25) is 5.91 Å².